The monoisotopic (exact) mass is 330 g/mol. The van der Waals surface area contributed by atoms with E-state index >= 15 is 0 Å². The third-order valence-electron chi connectivity index (χ3n) is 2.26. The number of nitrogens with one attached hydrogen (secondary N) is 2. The van der Waals surface area contributed by atoms with Crippen molar-refractivity contribution in [2.45, 2.75) is 20.1 Å². The number of benzene rings is 1. The lowest BCUT2D eigenvalue weighted by Gasteiger charge is -2.17. The molecule has 0 aliphatic heterocycles. The molecular weight excluding hydrogens is 312 g/mol. The molecule has 1 aromatic carbocycles. The Hall–Kier alpha value is -1.11. The normalized spacial score (nSPS) is 10.5. The number of rotatable bonds is 7. The molecule has 5 nitrogen and oxygen atoms in total. The fourth-order valence-electron chi connectivity index (χ4n) is 1.44. The largest absolute Gasteiger partial charge is 0.351 e. The Kier molecular flexibility index (Phi) is 7.47. The van der Waals surface area contributed by atoms with Crippen LogP contribution in [0.5, 0.6) is 0 Å². The molecule has 0 fully saturated rings. The second-order valence-corrected chi connectivity index (χ2v) is 4.51. The summed E-state index contributed by atoms with van der Waals surface area (Å²) in [5.41, 5.74) is 0.712. The van der Waals surface area contributed by atoms with Gasteiger partial charge in [-0.1, -0.05) is 12.1 Å². The molecule has 0 atom stereocenters. The Labute approximate surface area is 121 Å². The molecule has 0 saturated heterocycles. The fourth-order valence-corrected chi connectivity index (χ4v) is 1.83. The second-order valence-electron chi connectivity index (χ2n) is 3.66. The number of carbonyl (C=O) groups is 1. The van der Waals surface area contributed by atoms with Gasteiger partial charge < -0.3 is 20.1 Å². The van der Waals surface area contributed by atoms with Gasteiger partial charge in [-0.2, -0.15) is 0 Å². The van der Waals surface area contributed by atoms with E-state index in [0.29, 0.717) is 25.4 Å². The lowest BCUT2D eigenvalue weighted by atomic mass is 10.3. The van der Waals surface area contributed by atoms with Crippen molar-refractivity contribution in [2.75, 3.05) is 25.1 Å². The summed E-state index contributed by atoms with van der Waals surface area (Å²) in [6.45, 7) is 5.15. The maximum absolute atomic E-state index is 11.7. The van der Waals surface area contributed by atoms with Gasteiger partial charge in [-0.25, -0.2) is 4.79 Å². The number of hydrogen-bond donors (Lipinski definition) is 2. The molecule has 2 amide bonds. The lowest BCUT2D eigenvalue weighted by molar-refractivity contribution is -0.131. The predicted molar refractivity (Wildman–Crippen MR) is 78.2 cm³/mol. The predicted octanol–water partition coefficient (Wildman–Crippen LogP) is 2.97. The maximum Gasteiger partial charge on any atom is 0.319 e. The zero-order valence-corrected chi connectivity index (χ0v) is 12.7. The van der Waals surface area contributed by atoms with Gasteiger partial charge in [-0.3, -0.25) is 0 Å². The highest BCUT2D eigenvalue weighted by molar-refractivity contribution is 9.10. The standard InChI is InChI=1S/C13H19BrN2O3/c1-3-18-12(19-4-2)9-15-13(17)16-11-8-6-5-7-10(11)14/h5-8,12H,3-4,9H2,1-2H3,(H2,15,16,17). The molecule has 19 heavy (non-hydrogen) atoms. The van der Waals surface area contributed by atoms with E-state index < -0.39 is 6.29 Å². The van der Waals surface area contributed by atoms with Crippen LogP contribution in [0.4, 0.5) is 10.5 Å². The van der Waals surface area contributed by atoms with Gasteiger partial charge in [-0.05, 0) is 41.9 Å². The van der Waals surface area contributed by atoms with Crippen LogP contribution in [0, 0.1) is 0 Å². The first-order valence-corrected chi connectivity index (χ1v) is 6.99. The van der Waals surface area contributed by atoms with Crippen LogP contribution in [0.3, 0.4) is 0 Å². The quantitative estimate of drug-likeness (QED) is 0.755. The maximum atomic E-state index is 11.7. The zero-order valence-electron chi connectivity index (χ0n) is 11.1. The van der Waals surface area contributed by atoms with Gasteiger partial charge in [0.1, 0.15) is 0 Å². The first-order chi connectivity index (χ1) is 9.17. The second kappa shape index (κ2) is 8.90. The smallest absolute Gasteiger partial charge is 0.319 e. The van der Waals surface area contributed by atoms with Crippen LogP contribution in [0.2, 0.25) is 0 Å². The van der Waals surface area contributed by atoms with E-state index in [4.69, 9.17) is 9.47 Å². The van der Waals surface area contributed by atoms with Crippen molar-refractivity contribution in [3.05, 3.63) is 28.7 Å². The van der Waals surface area contributed by atoms with Gasteiger partial charge in [-0.15, -0.1) is 0 Å². The average Bonchev–Trinajstić information content (AvgIpc) is 2.39. The number of amides is 2. The van der Waals surface area contributed by atoms with Crippen molar-refractivity contribution in [1.82, 2.24) is 5.32 Å². The molecule has 1 aromatic rings. The van der Waals surface area contributed by atoms with Crippen molar-refractivity contribution in [2.24, 2.45) is 0 Å². The van der Waals surface area contributed by atoms with Crippen LogP contribution < -0.4 is 10.6 Å². The van der Waals surface area contributed by atoms with Crippen LogP contribution in [0.1, 0.15) is 13.8 Å². The molecule has 0 aromatic heterocycles. The molecule has 0 aliphatic carbocycles. The Morgan fingerprint density at radius 2 is 1.89 bits per heavy atom. The number of anilines is 1. The molecule has 0 bridgehead atoms. The first-order valence-electron chi connectivity index (χ1n) is 6.20. The highest BCUT2D eigenvalue weighted by atomic mass is 79.9. The summed E-state index contributed by atoms with van der Waals surface area (Å²) in [5.74, 6) is 0. The summed E-state index contributed by atoms with van der Waals surface area (Å²) >= 11 is 3.36. The number of hydrogen-bond acceptors (Lipinski definition) is 3. The van der Waals surface area contributed by atoms with Crippen LogP contribution in [0.15, 0.2) is 28.7 Å². The summed E-state index contributed by atoms with van der Waals surface area (Å²) in [4.78, 5) is 11.7. The van der Waals surface area contributed by atoms with Crippen molar-refractivity contribution in [3.63, 3.8) is 0 Å². The van der Waals surface area contributed by atoms with Gasteiger partial charge >= 0.3 is 6.03 Å². The Morgan fingerprint density at radius 1 is 1.26 bits per heavy atom. The molecule has 1 rings (SSSR count). The topological polar surface area (TPSA) is 59.6 Å². The van der Waals surface area contributed by atoms with Crippen molar-refractivity contribution >= 4 is 27.6 Å². The summed E-state index contributed by atoms with van der Waals surface area (Å²) in [7, 11) is 0. The van der Waals surface area contributed by atoms with Crippen LogP contribution in [0.25, 0.3) is 0 Å². The third-order valence-corrected chi connectivity index (χ3v) is 2.95. The first kappa shape index (κ1) is 15.9. The molecule has 2 N–H and O–H groups in total. The minimum atomic E-state index is -0.417. The molecule has 0 saturated carbocycles. The average molecular weight is 331 g/mol. The highest BCUT2D eigenvalue weighted by Crippen LogP contribution is 2.20. The zero-order chi connectivity index (χ0) is 14.1. The summed E-state index contributed by atoms with van der Waals surface area (Å²) in [5, 5.41) is 5.45. The van der Waals surface area contributed by atoms with Crippen LogP contribution in [-0.2, 0) is 9.47 Å². The molecule has 0 aliphatic rings. The van der Waals surface area contributed by atoms with Crippen molar-refractivity contribution in [1.29, 1.82) is 0 Å². The minimum Gasteiger partial charge on any atom is -0.351 e. The Bertz CT molecular complexity index is 395. The SMILES string of the molecule is CCOC(CNC(=O)Nc1ccccc1Br)OCC. The van der Waals surface area contributed by atoms with Gasteiger partial charge in [0.05, 0.1) is 12.2 Å². The van der Waals surface area contributed by atoms with Gasteiger partial charge in [0.15, 0.2) is 6.29 Å². The van der Waals surface area contributed by atoms with Gasteiger partial charge in [0.25, 0.3) is 0 Å². The fraction of sp³-hybridized carbons (Fsp3) is 0.462. The lowest BCUT2D eigenvalue weighted by Crippen LogP contribution is -2.37. The van der Waals surface area contributed by atoms with E-state index in [0.717, 1.165) is 4.47 Å². The van der Waals surface area contributed by atoms with Gasteiger partial charge in [0.2, 0.25) is 0 Å². The van der Waals surface area contributed by atoms with E-state index in [1.807, 2.05) is 38.1 Å². The Balaban J connectivity index is 2.40. The molecule has 0 spiro atoms. The third kappa shape index (κ3) is 6.04. The van der Waals surface area contributed by atoms with Gasteiger partial charge in [0, 0.05) is 17.7 Å². The van der Waals surface area contributed by atoms with Crippen molar-refractivity contribution in [3.8, 4) is 0 Å². The molecule has 6 heteroatoms. The van der Waals surface area contributed by atoms with Crippen molar-refractivity contribution < 1.29 is 14.3 Å². The van der Waals surface area contributed by atoms with E-state index in [1.165, 1.54) is 0 Å². The number of para-hydroxylation sites is 1. The molecule has 0 heterocycles. The van der Waals surface area contributed by atoms with E-state index in [1.54, 1.807) is 0 Å². The summed E-state index contributed by atoms with van der Waals surface area (Å²) in [6, 6.07) is 7.11. The summed E-state index contributed by atoms with van der Waals surface area (Å²) in [6.07, 6.45) is -0.417. The van der Waals surface area contributed by atoms with Crippen LogP contribution in [-0.4, -0.2) is 32.1 Å². The molecule has 0 unspecified atom stereocenters. The Morgan fingerprint density at radius 3 is 2.47 bits per heavy atom. The number of ether oxygens (including phenoxy) is 2. The summed E-state index contributed by atoms with van der Waals surface area (Å²) < 4.78 is 11.5. The van der Waals surface area contributed by atoms with E-state index in [9.17, 15) is 4.79 Å². The number of halogens is 1. The molecule has 106 valence electrons. The minimum absolute atomic E-state index is 0.295. The van der Waals surface area contributed by atoms with E-state index in [-0.39, 0.29) is 6.03 Å². The number of urea groups is 1. The molecular formula is C13H19BrN2O3. The highest BCUT2D eigenvalue weighted by Gasteiger charge is 2.10. The number of carbonyl (C=O) groups excluding carboxylic acids is 1. The molecule has 0 radical (unpaired) electrons. The van der Waals surface area contributed by atoms with Crippen LogP contribution >= 0.6 is 15.9 Å². The van der Waals surface area contributed by atoms with E-state index in [2.05, 4.69) is 26.6 Å².